The number of aromatic nitrogens is 3. The van der Waals surface area contributed by atoms with Gasteiger partial charge in [0.2, 0.25) is 0 Å². The molecule has 1 aliphatic carbocycles. The van der Waals surface area contributed by atoms with Crippen LogP contribution in [0.25, 0.3) is 11.3 Å². The number of rotatable bonds is 10. The molecule has 1 fully saturated rings. The fourth-order valence-electron chi connectivity index (χ4n) is 4.88. The van der Waals surface area contributed by atoms with Crippen LogP contribution in [0.4, 0.5) is 19.0 Å². The van der Waals surface area contributed by atoms with E-state index in [0.717, 1.165) is 0 Å². The molecule has 40 heavy (non-hydrogen) atoms. The van der Waals surface area contributed by atoms with Gasteiger partial charge < -0.3 is 20.5 Å². The van der Waals surface area contributed by atoms with E-state index in [1.165, 1.54) is 44.2 Å². The normalized spacial score (nSPS) is 20.3. The van der Waals surface area contributed by atoms with Crippen LogP contribution in [0.3, 0.4) is 0 Å². The Morgan fingerprint density at radius 3 is 2.45 bits per heavy atom. The summed E-state index contributed by atoms with van der Waals surface area (Å²) in [4.78, 5) is 17.3. The number of hydrogen-bond acceptors (Lipinski definition) is 8. The Morgan fingerprint density at radius 2 is 1.93 bits per heavy atom. The Bertz CT molecular complexity index is 1340. The van der Waals surface area contributed by atoms with Gasteiger partial charge in [-0.25, -0.2) is 13.4 Å². The number of hydrogen-bond donors (Lipinski definition) is 3. The monoisotopic (exact) mass is 609 g/mol. The third-order valence-electron chi connectivity index (χ3n) is 6.91. The molecule has 1 amide bonds. The number of nitrogens with one attached hydrogen (secondary N) is 2. The molecule has 3 N–H and O–H groups in total. The van der Waals surface area contributed by atoms with Crippen molar-refractivity contribution in [2.45, 2.75) is 82.0 Å². The SMILES string of the molecule is CCn1nc(C(=O)NCC2(O)CCC(S(C)(=O)=O)CC2)c(Cl)c1-c1cnc(NC(C)(C)CC(F)(F)F)cc1OC. The number of halogens is 4. The predicted octanol–water partition coefficient (Wildman–Crippen LogP) is 4.22. The Balaban J connectivity index is 1.81. The summed E-state index contributed by atoms with van der Waals surface area (Å²) >= 11 is 6.61. The second-order valence-electron chi connectivity index (χ2n) is 10.8. The number of sulfone groups is 1. The van der Waals surface area contributed by atoms with Crippen LogP contribution in [-0.4, -0.2) is 76.7 Å². The molecule has 0 aliphatic heterocycles. The second-order valence-corrected chi connectivity index (χ2v) is 13.5. The number of pyridine rings is 1. The zero-order chi connectivity index (χ0) is 30.1. The highest BCUT2D eigenvalue weighted by Gasteiger charge is 2.38. The summed E-state index contributed by atoms with van der Waals surface area (Å²) in [5.41, 5.74) is -1.98. The lowest BCUT2D eigenvalue weighted by Gasteiger charge is -2.35. The number of ether oxygens (including phenoxy) is 1. The number of anilines is 1. The van der Waals surface area contributed by atoms with E-state index in [0.29, 0.717) is 30.6 Å². The molecule has 0 aromatic carbocycles. The van der Waals surface area contributed by atoms with Crippen molar-refractivity contribution in [2.24, 2.45) is 0 Å². The van der Waals surface area contributed by atoms with Crippen molar-refractivity contribution in [3.05, 3.63) is 23.0 Å². The predicted molar refractivity (Wildman–Crippen MR) is 145 cm³/mol. The highest BCUT2D eigenvalue weighted by Crippen LogP contribution is 2.38. The fourth-order valence-corrected chi connectivity index (χ4v) is 6.29. The van der Waals surface area contributed by atoms with Crippen molar-refractivity contribution in [3.63, 3.8) is 0 Å². The lowest BCUT2D eigenvalue weighted by atomic mass is 9.84. The molecule has 0 atom stereocenters. The van der Waals surface area contributed by atoms with Gasteiger partial charge in [-0.1, -0.05) is 11.6 Å². The Morgan fingerprint density at radius 1 is 1.30 bits per heavy atom. The van der Waals surface area contributed by atoms with Gasteiger partial charge >= 0.3 is 6.18 Å². The zero-order valence-corrected chi connectivity index (χ0v) is 24.6. The van der Waals surface area contributed by atoms with Gasteiger partial charge in [0.25, 0.3) is 5.91 Å². The third-order valence-corrected chi connectivity index (χ3v) is 8.95. The fraction of sp³-hybridized carbons (Fsp3) is 0.640. The minimum Gasteiger partial charge on any atom is -0.496 e. The molecular weight excluding hydrogens is 575 g/mol. The summed E-state index contributed by atoms with van der Waals surface area (Å²) < 4.78 is 69.4. The number of aryl methyl sites for hydroxylation is 1. The molecule has 1 aliphatic rings. The van der Waals surface area contributed by atoms with E-state index in [1.54, 1.807) is 6.92 Å². The summed E-state index contributed by atoms with van der Waals surface area (Å²) in [7, 11) is -1.82. The third kappa shape index (κ3) is 7.78. The van der Waals surface area contributed by atoms with Gasteiger partial charge in [0.1, 0.15) is 21.4 Å². The quantitative estimate of drug-likeness (QED) is 0.364. The van der Waals surface area contributed by atoms with E-state index in [-0.39, 0.29) is 41.7 Å². The number of aliphatic hydroxyl groups is 1. The van der Waals surface area contributed by atoms with Crippen molar-refractivity contribution >= 4 is 33.2 Å². The topological polar surface area (TPSA) is 135 Å². The molecule has 15 heteroatoms. The Kier molecular flexibility index (Phi) is 9.36. The zero-order valence-electron chi connectivity index (χ0n) is 23.0. The second kappa shape index (κ2) is 11.7. The summed E-state index contributed by atoms with van der Waals surface area (Å²) in [5, 5.41) is 20.1. The summed E-state index contributed by atoms with van der Waals surface area (Å²) in [6.45, 7) is 4.81. The van der Waals surface area contributed by atoms with E-state index in [1.807, 2.05) is 0 Å². The van der Waals surface area contributed by atoms with Gasteiger partial charge in [0.05, 0.1) is 40.7 Å². The Labute approximate surface area is 236 Å². The van der Waals surface area contributed by atoms with Gasteiger partial charge in [-0.05, 0) is 46.5 Å². The maximum Gasteiger partial charge on any atom is 0.391 e. The molecule has 1 saturated carbocycles. The largest absolute Gasteiger partial charge is 0.496 e. The van der Waals surface area contributed by atoms with Crippen molar-refractivity contribution in [3.8, 4) is 17.0 Å². The molecule has 0 spiro atoms. The van der Waals surface area contributed by atoms with Crippen LogP contribution in [0.1, 0.15) is 63.4 Å². The minimum absolute atomic E-state index is 0.00494. The van der Waals surface area contributed by atoms with Crippen molar-refractivity contribution in [1.82, 2.24) is 20.1 Å². The van der Waals surface area contributed by atoms with Gasteiger partial charge in [0, 0.05) is 37.1 Å². The molecule has 224 valence electrons. The molecule has 0 radical (unpaired) electrons. The van der Waals surface area contributed by atoms with Crippen molar-refractivity contribution in [2.75, 3.05) is 25.2 Å². The Hall–Kier alpha value is -2.58. The van der Waals surface area contributed by atoms with Crippen LogP contribution in [0.5, 0.6) is 5.75 Å². The molecule has 10 nitrogen and oxygen atoms in total. The molecule has 0 saturated heterocycles. The molecule has 0 unspecified atom stereocenters. The van der Waals surface area contributed by atoms with Crippen LogP contribution >= 0.6 is 11.6 Å². The highest BCUT2D eigenvalue weighted by atomic mass is 35.5. The van der Waals surface area contributed by atoms with Gasteiger partial charge in [-0.3, -0.25) is 9.48 Å². The van der Waals surface area contributed by atoms with E-state index in [4.69, 9.17) is 16.3 Å². The molecular formula is C25H35ClF3N5O5S. The molecule has 2 aromatic heterocycles. The van der Waals surface area contributed by atoms with Crippen LogP contribution in [0.15, 0.2) is 12.3 Å². The van der Waals surface area contributed by atoms with Gasteiger partial charge in [-0.2, -0.15) is 18.3 Å². The summed E-state index contributed by atoms with van der Waals surface area (Å²) in [6.07, 6.45) is -1.86. The number of amides is 1. The van der Waals surface area contributed by atoms with E-state index in [2.05, 4.69) is 20.7 Å². The first-order chi connectivity index (χ1) is 18.4. The first kappa shape index (κ1) is 31.9. The lowest BCUT2D eigenvalue weighted by Crippen LogP contribution is -2.47. The van der Waals surface area contributed by atoms with E-state index >= 15 is 0 Å². The maximum atomic E-state index is 13.0. The molecule has 2 heterocycles. The number of nitrogens with zero attached hydrogens (tertiary/aromatic N) is 3. The summed E-state index contributed by atoms with van der Waals surface area (Å²) in [5.74, 6) is -0.220. The standard InChI is InChI=1S/C25H35ClF3N5O5S/c1-6-34-21(16-12-30-18(11-17(16)39-4)32-23(2,3)13-25(27,28)29)19(26)20(33-34)22(35)31-14-24(36)9-7-15(8-10-24)40(5,37)38/h11-12,15,36H,6-10,13-14H2,1-5H3,(H,30,32)(H,31,35). The van der Waals surface area contributed by atoms with Crippen molar-refractivity contribution in [1.29, 1.82) is 0 Å². The highest BCUT2D eigenvalue weighted by molar-refractivity contribution is 7.91. The maximum absolute atomic E-state index is 13.0. The van der Waals surface area contributed by atoms with E-state index in [9.17, 15) is 31.5 Å². The lowest BCUT2D eigenvalue weighted by molar-refractivity contribution is -0.142. The van der Waals surface area contributed by atoms with Crippen molar-refractivity contribution < 1.29 is 36.2 Å². The van der Waals surface area contributed by atoms with Crippen LogP contribution < -0.4 is 15.4 Å². The number of carbonyl (C=O) groups excluding carboxylic acids is 1. The molecule has 2 aromatic rings. The number of methoxy groups -OCH3 is 1. The number of carbonyl (C=O) groups is 1. The first-order valence-electron chi connectivity index (χ1n) is 12.7. The molecule has 0 bridgehead atoms. The van der Waals surface area contributed by atoms with Crippen LogP contribution in [0, 0.1) is 0 Å². The average molecular weight is 610 g/mol. The summed E-state index contributed by atoms with van der Waals surface area (Å²) in [6, 6.07) is 1.44. The average Bonchev–Trinajstić information content (AvgIpc) is 3.16. The first-order valence-corrected chi connectivity index (χ1v) is 15.1. The van der Waals surface area contributed by atoms with Gasteiger partial charge in [0.15, 0.2) is 5.69 Å². The molecule has 3 rings (SSSR count). The minimum atomic E-state index is -4.37. The smallest absolute Gasteiger partial charge is 0.391 e. The number of alkyl halides is 3. The van der Waals surface area contributed by atoms with Gasteiger partial charge in [-0.15, -0.1) is 0 Å². The van der Waals surface area contributed by atoms with E-state index < -0.39 is 44.7 Å². The van der Waals surface area contributed by atoms with Crippen LogP contribution in [-0.2, 0) is 16.4 Å². The van der Waals surface area contributed by atoms with Crippen LogP contribution in [0.2, 0.25) is 5.02 Å².